The van der Waals surface area contributed by atoms with Gasteiger partial charge in [-0.05, 0) is 37.6 Å². The molecule has 1 aliphatic rings. The topological polar surface area (TPSA) is 44.4 Å². The zero-order valence-corrected chi connectivity index (χ0v) is 16.9. The van der Waals surface area contributed by atoms with Crippen molar-refractivity contribution in [2.75, 3.05) is 25.5 Å². The van der Waals surface area contributed by atoms with Gasteiger partial charge in [-0.1, -0.05) is 55.3 Å². The number of aryl methyl sites for hydroxylation is 1. The number of nitrogens with zero attached hydrogens (tertiary/aromatic N) is 1. The lowest BCUT2D eigenvalue weighted by Crippen LogP contribution is -2.44. The highest BCUT2D eigenvalue weighted by Crippen LogP contribution is 2.41. The summed E-state index contributed by atoms with van der Waals surface area (Å²) in [6, 6.07) is 15.3. The number of benzene rings is 2. The van der Waals surface area contributed by atoms with Crippen LogP contribution in [-0.4, -0.2) is 30.9 Å². The van der Waals surface area contributed by atoms with Crippen LogP contribution < -0.4 is 10.6 Å². The van der Waals surface area contributed by atoms with Crippen molar-refractivity contribution in [2.24, 2.45) is 0 Å². The Hall–Kier alpha value is -2.33. The van der Waals surface area contributed by atoms with E-state index in [1.807, 2.05) is 0 Å². The minimum absolute atomic E-state index is 0.00468. The average molecular weight is 366 g/mol. The number of hydrogen-bond donors (Lipinski definition) is 2. The Morgan fingerprint density at radius 1 is 1.19 bits per heavy atom. The van der Waals surface area contributed by atoms with E-state index in [4.69, 9.17) is 0 Å². The molecule has 27 heavy (non-hydrogen) atoms. The summed E-state index contributed by atoms with van der Waals surface area (Å²) in [7, 11) is 2.09. The fraction of sp³-hybridized carbons (Fsp3) is 0.435. The molecule has 0 fully saturated rings. The highest BCUT2D eigenvalue weighted by Gasteiger charge is 2.34. The first kappa shape index (κ1) is 19.4. The molecule has 3 rings (SSSR count). The van der Waals surface area contributed by atoms with E-state index >= 15 is 0 Å². The second-order valence-electron chi connectivity index (χ2n) is 7.59. The normalized spacial score (nSPS) is 19.4. The van der Waals surface area contributed by atoms with Gasteiger partial charge in [0.15, 0.2) is 0 Å². The fourth-order valence-electron chi connectivity index (χ4n) is 3.92. The number of carbonyl (C=O) groups is 1. The number of unbranched alkanes of at least 4 members (excludes halogenated alkanes) is 1. The lowest BCUT2D eigenvalue weighted by atomic mass is 9.82. The molecule has 4 heteroatoms. The summed E-state index contributed by atoms with van der Waals surface area (Å²) in [5.41, 5.74) is 6.22. The van der Waals surface area contributed by atoms with E-state index < -0.39 is 0 Å². The minimum Gasteiger partial charge on any atom is -0.385 e. The summed E-state index contributed by atoms with van der Waals surface area (Å²) in [5.74, 6) is 0.290. The lowest BCUT2D eigenvalue weighted by Gasteiger charge is -2.40. The average Bonchev–Trinajstić information content (AvgIpc) is 2.64. The van der Waals surface area contributed by atoms with Gasteiger partial charge < -0.3 is 10.6 Å². The van der Waals surface area contributed by atoms with Crippen molar-refractivity contribution in [3.8, 4) is 0 Å². The van der Waals surface area contributed by atoms with E-state index in [0.29, 0.717) is 5.92 Å². The van der Waals surface area contributed by atoms with Crippen LogP contribution in [0.15, 0.2) is 42.5 Å². The summed E-state index contributed by atoms with van der Waals surface area (Å²) in [5, 5.41) is 6.75. The Morgan fingerprint density at radius 2 is 1.93 bits per heavy atom. The Balaban J connectivity index is 2.05. The van der Waals surface area contributed by atoms with Crippen LogP contribution in [0.5, 0.6) is 0 Å². The summed E-state index contributed by atoms with van der Waals surface area (Å²) in [4.78, 5) is 14.1. The number of likely N-dealkylation sites (N-methyl/N-ethyl adjacent to an activating group) is 1. The van der Waals surface area contributed by atoms with Crippen molar-refractivity contribution in [3.05, 3.63) is 64.7 Å². The predicted octanol–water partition coefficient (Wildman–Crippen LogP) is 4.42. The molecule has 0 aliphatic carbocycles. The van der Waals surface area contributed by atoms with Gasteiger partial charge in [-0.3, -0.25) is 9.69 Å². The van der Waals surface area contributed by atoms with Gasteiger partial charge >= 0.3 is 0 Å². The third-order valence-electron chi connectivity index (χ3n) is 5.37. The summed E-state index contributed by atoms with van der Waals surface area (Å²) >= 11 is 0. The number of anilines is 1. The SMILES string of the molecule is CCCCNc1cccc2c1C(NC(C)=O)N(C)CC2c1ccc(C)cc1. The molecule has 2 aromatic rings. The number of hydrogen-bond acceptors (Lipinski definition) is 3. The molecular weight excluding hydrogens is 334 g/mol. The van der Waals surface area contributed by atoms with Crippen LogP contribution in [-0.2, 0) is 4.79 Å². The highest BCUT2D eigenvalue weighted by molar-refractivity contribution is 5.74. The first-order valence-corrected chi connectivity index (χ1v) is 9.91. The molecule has 0 saturated heterocycles. The molecule has 2 atom stereocenters. The molecule has 2 N–H and O–H groups in total. The van der Waals surface area contributed by atoms with E-state index in [1.54, 1.807) is 6.92 Å². The van der Waals surface area contributed by atoms with Crippen LogP contribution in [0.3, 0.4) is 0 Å². The maximum absolute atomic E-state index is 11.9. The Kier molecular flexibility index (Phi) is 6.17. The molecule has 1 amide bonds. The molecule has 1 aliphatic heterocycles. The smallest absolute Gasteiger partial charge is 0.218 e. The van der Waals surface area contributed by atoms with Crippen LogP contribution in [0.2, 0.25) is 0 Å². The molecule has 4 nitrogen and oxygen atoms in total. The Morgan fingerprint density at radius 3 is 2.59 bits per heavy atom. The summed E-state index contributed by atoms with van der Waals surface area (Å²) < 4.78 is 0. The van der Waals surface area contributed by atoms with Gasteiger partial charge in [0.2, 0.25) is 5.91 Å². The number of fused-ring (bicyclic) bond motifs is 1. The second-order valence-corrected chi connectivity index (χ2v) is 7.59. The van der Waals surface area contributed by atoms with E-state index in [2.05, 4.69) is 78.9 Å². The monoisotopic (exact) mass is 365 g/mol. The van der Waals surface area contributed by atoms with Crippen molar-refractivity contribution in [1.82, 2.24) is 10.2 Å². The lowest BCUT2D eigenvalue weighted by molar-refractivity contribution is -0.121. The number of rotatable bonds is 6. The third-order valence-corrected chi connectivity index (χ3v) is 5.37. The van der Waals surface area contributed by atoms with Crippen LogP contribution >= 0.6 is 0 Å². The van der Waals surface area contributed by atoms with E-state index in [0.717, 1.165) is 31.6 Å². The van der Waals surface area contributed by atoms with Gasteiger partial charge in [-0.15, -0.1) is 0 Å². The zero-order valence-electron chi connectivity index (χ0n) is 16.9. The molecular formula is C23H31N3O. The van der Waals surface area contributed by atoms with E-state index in [-0.39, 0.29) is 12.1 Å². The summed E-state index contributed by atoms with van der Waals surface area (Å²) in [6.45, 7) is 7.72. The van der Waals surface area contributed by atoms with Crippen molar-refractivity contribution in [1.29, 1.82) is 0 Å². The minimum atomic E-state index is -0.107. The quantitative estimate of drug-likeness (QED) is 0.745. The van der Waals surface area contributed by atoms with Crippen molar-refractivity contribution < 1.29 is 4.79 Å². The molecule has 144 valence electrons. The molecule has 0 spiro atoms. The van der Waals surface area contributed by atoms with Crippen molar-refractivity contribution >= 4 is 11.6 Å². The molecule has 2 unspecified atom stereocenters. The van der Waals surface area contributed by atoms with Gasteiger partial charge in [0.1, 0.15) is 6.17 Å². The molecule has 0 bridgehead atoms. The Bertz CT molecular complexity index is 785. The van der Waals surface area contributed by atoms with E-state index in [1.165, 1.54) is 22.3 Å². The molecule has 0 radical (unpaired) electrons. The van der Waals surface area contributed by atoms with Crippen molar-refractivity contribution in [3.63, 3.8) is 0 Å². The van der Waals surface area contributed by atoms with E-state index in [9.17, 15) is 4.79 Å². The molecule has 0 saturated carbocycles. The molecule has 0 aromatic heterocycles. The number of amides is 1. The summed E-state index contributed by atoms with van der Waals surface area (Å²) in [6.07, 6.45) is 2.18. The van der Waals surface area contributed by atoms with Gasteiger partial charge in [0.25, 0.3) is 0 Å². The van der Waals surface area contributed by atoms with Crippen LogP contribution in [0.4, 0.5) is 5.69 Å². The second kappa shape index (κ2) is 8.57. The van der Waals surface area contributed by atoms with Gasteiger partial charge in [0.05, 0.1) is 0 Å². The predicted molar refractivity (Wildman–Crippen MR) is 112 cm³/mol. The molecule has 1 heterocycles. The van der Waals surface area contributed by atoms with Gasteiger partial charge in [-0.25, -0.2) is 0 Å². The highest BCUT2D eigenvalue weighted by atomic mass is 16.1. The maximum Gasteiger partial charge on any atom is 0.218 e. The third kappa shape index (κ3) is 4.33. The molecule has 2 aromatic carbocycles. The first-order valence-electron chi connectivity index (χ1n) is 9.91. The Labute approximate surface area is 163 Å². The van der Waals surface area contributed by atoms with Gasteiger partial charge in [-0.2, -0.15) is 0 Å². The first-order chi connectivity index (χ1) is 13.0. The van der Waals surface area contributed by atoms with Crippen molar-refractivity contribution in [2.45, 2.75) is 45.7 Å². The number of carbonyl (C=O) groups excluding carboxylic acids is 1. The maximum atomic E-state index is 11.9. The van der Waals surface area contributed by atoms with Crippen LogP contribution in [0, 0.1) is 6.92 Å². The fourth-order valence-corrected chi connectivity index (χ4v) is 3.92. The largest absolute Gasteiger partial charge is 0.385 e. The van der Waals surface area contributed by atoms with Gasteiger partial charge in [0, 0.05) is 37.2 Å². The zero-order chi connectivity index (χ0) is 19.4. The number of nitrogens with one attached hydrogen (secondary N) is 2. The van der Waals surface area contributed by atoms with Crippen LogP contribution in [0.25, 0.3) is 0 Å². The standard InChI is InChI=1S/C23H31N3O/c1-5-6-14-24-21-9-7-8-19-20(18-12-10-16(2)11-13-18)15-26(4)23(22(19)21)25-17(3)27/h7-13,20,23-24H,5-6,14-15H2,1-4H3,(H,25,27). The van der Waals surface area contributed by atoms with Crippen LogP contribution in [0.1, 0.15) is 61.0 Å².